The number of aliphatic carboxylic acids is 1. The maximum atomic E-state index is 11.5. The molecule has 114 valence electrons. The van der Waals surface area contributed by atoms with E-state index in [1.54, 1.807) is 18.2 Å². The molecule has 1 amide bonds. The van der Waals surface area contributed by atoms with E-state index in [0.717, 1.165) is 5.56 Å². The van der Waals surface area contributed by atoms with Crippen molar-refractivity contribution in [2.24, 2.45) is 0 Å². The molecular formula is C15H19NO5. The Kier molecular flexibility index (Phi) is 6.26. The number of allylic oxidation sites excluding steroid dienone is 1. The number of carbonyl (C=O) groups excluding carboxylic acids is 1. The standard InChI is InChI=1S/C15H19NO5/c1-4-5-11-6-7-12(13(8-11)20-3)21-9-14(17)16-10(2)15(18)19/h4,6-8,10H,1,5,9H2,2-3H3,(H,16,17)(H,18,19). The van der Waals surface area contributed by atoms with Crippen LogP contribution in [-0.2, 0) is 16.0 Å². The quantitative estimate of drug-likeness (QED) is 0.708. The molecule has 1 atom stereocenters. The summed E-state index contributed by atoms with van der Waals surface area (Å²) in [6.45, 7) is 4.76. The molecule has 0 spiro atoms. The molecule has 0 fully saturated rings. The first-order valence-corrected chi connectivity index (χ1v) is 6.40. The van der Waals surface area contributed by atoms with Gasteiger partial charge in [-0.2, -0.15) is 0 Å². The van der Waals surface area contributed by atoms with Gasteiger partial charge in [0.15, 0.2) is 18.1 Å². The Morgan fingerprint density at radius 2 is 2.14 bits per heavy atom. The Bertz CT molecular complexity index is 527. The van der Waals surface area contributed by atoms with Crippen molar-refractivity contribution in [3.63, 3.8) is 0 Å². The Labute approximate surface area is 123 Å². The molecule has 0 saturated carbocycles. The average molecular weight is 293 g/mol. The van der Waals surface area contributed by atoms with E-state index >= 15 is 0 Å². The van der Waals surface area contributed by atoms with E-state index in [9.17, 15) is 9.59 Å². The molecule has 1 rings (SSSR count). The van der Waals surface area contributed by atoms with Crippen molar-refractivity contribution in [3.8, 4) is 11.5 Å². The summed E-state index contributed by atoms with van der Waals surface area (Å²) in [7, 11) is 1.51. The summed E-state index contributed by atoms with van der Waals surface area (Å²) in [6.07, 6.45) is 2.48. The van der Waals surface area contributed by atoms with Gasteiger partial charge in [0.25, 0.3) is 5.91 Å². The van der Waals surface area contributed by atoms with Crippen molar-refractivity contribution < 1.29 is 24.2 Å². The zero-order chi connectivity index (χ0) is 15.8. The van der Waals surface area contributed by atoms with Gasteiger partial charge in [-0.25, -0.2) is 0 Å². The largest absolute Gasteiger partial charge is 0.493 e. The molecule has 1 unspecified atom stereocenters. The number of rotatable bonds is 8. The van der Waals surface area contributed by atoms with E-state index in [4.69, 9.17) is 14.6 Å². The first kappa shape index (κ1) is 16.6. The van der Waals surface area contributed by atoms with Gasteiger partial charge >= 0.3 is 5.97 Å². The number of nitrogens with one attached hydrogen (secondary N) is 1. The highest BCUT2D eigenvalue weighted by atomic mass is 16.5. The molecule has 0 radical (unpaired) electrons. The lowest BCUT2D eigenvalue weighted by atomic mass is 10.1. The lowest BCUT2D eigenvalue weighted by molar-refractivity contribution is -0.141. The number of hydrogen-bond donors (Lipinski definition) is 2. The Hall–Kier alpha value is -2.50. The molecule has 0 bridgehead atoms. The molecule has 6 heteroatoms. The van der Waals surface area contributed by atoms with Crippen LogP contribution in [0.1, 0.15) is 12.5 Å². The number of methoxy groups -OCH3 is 1. The summed E-state index contributed by atoms with van der Waals surface area (Å²) in [4.78, 5) is 22.2. The third-order valence-electron chi connectivity index (χ3n) is 2.71. The summed E-state index contributed by atoms with van der Waals surface area (Å²) >= 11 is 0. The number of carbonyl (C=O) groups is 2. The third kappa shape index (κ3) is 5.18. The summed E-state index contributed by atoms with van der Waals surface area (Å²) in [5.74, 6) is -0.686. The highest BCUT2D eigenvalue weighted by Crippen LogP contribution is 2.28. The lowest BCUT2D eigenvalue weighted by Gasteiger charge is -2.13. The predicted molar refractivity (Wildman–Crippen MR) is 77.6 cm³/mol. The van der Waals surface area contributed by atoms with Crippen LogP contribution in [0.3, 0.4) is 0 Å². The molecule has 1 aromatic carbocycles. The summed E-state index contributed by atoms with van der Waals surface area (Å²) < 4.78 is 10.5. The molecule has 0 heterocycles. The predicted octanol–water partition coefficient (Wildman–Crippen LogP) is 1.39. The maximum Gasteiger partial charge on any atom is 0.325 e. The Morgan fingerprint density at radius 1 is 1.43 bits per heavy atom. The molecular weight excluding hydrogens is 274 g/mol. The van der Waals surface area contributed by atoms with Crippen LogP contribution in [0.25, 0.3) is 0 Å². The summed E-state index contributed by atoms with van der Waals surface area (Å²) in [5.41, 5.74) is 1.01. The van der Waals surface area contributed by atoms with Gasteiger partial charge in [0.2, 0.25) is 0 Å². The minimum atomic E-state index is -1.10. The molecule has 2 N–H and O–H groups in total. The number of carboxylic acids is 1. The van der Waals surface area contributed by atoms with E-state index in [-0.39, 0.29) is 6.61 Å². The highest BCUT2D eigenvalue weighted by molar-refractivity contribution is 5.84. The van der Waals surface area contributed by atoms with Crippen molar-refractivity contribution in [1.82, 2.24) is 5.32 Å². The smallest absolute Gasteiger partial charge is 0.325 e. The number of benzene rings is 1. The van der Waals surface area contributed by atoms with Crippen molar-refractivity contribution in [2.75, 3.05) is 13.7 Å². The molecule has 0 saturated heterocycles. The molecule has 6 nitrogen and oxygen atoms in total. The highest BCUT2D eigenvalue weighted by Gasteiger charge is 2.15. The molecule has 0 aliphatic rings. The van der Waals surface area contributed by atoms with Crippen LogP contribution in [0.5, 0.6) is 11.5 Å². The fraction of sp³-hybridized carbons (Fsp3) is 0.333. The topological polar surface area (TPSA) is 84.9 Å². The maximum absolute atomic E-state index is 11.5. The summed E-state index contributed by atoms with van der Waals surface area (Å²) in [6, 6.07) is 4.38. The van der Waals surface area contributed by atoms with Crippen molar-refractivity contribution in [1.29, 1.82) is 0 Å². The fourth-order valence-electron chi connectivity index (χ4n) is 1.61. The van der Waals surface area contributed by atoms with Crippen LogP contribution >= 0.6 is 0 Å². The average Bonchev–Trinajstić information content (AvgIpc) is 2.45. The second-order valence-corrected chi connectivity index (χ2v) is 4.39. The number of hydrogen-bond acceptors (Lipinski definition) is 4. The van der Waals surface area contributed by atoms with E-state index in [1.165, 1.54) is 14.0 Å². The first-order valence-electron chi connectivity index (χ1n) is 6.40. The molecule has 1 aromatic rings. The first-order chi connectivity index (χ1) is 9.97. The second-order valence-electron chi connectivity index (χ2n) is 4.39. The second kappa shape index (κ2) is 7.94. The van der Waals surface area contributed by atoms with Gasteiger partial charge in [-0.1, -0.05) is 12.1 Å². The normalized spacial score (nSPS) is 11.3. The zero-order valence-corrected chi connectivity index (χ0v) is 12.1. The van der Waals surface area contributed by atoms with Gasteiger partial charge in [-0.05, 0) is 31.0 Å². The monoisotopic (exact) mass is 293 g/mol. The van der Waals surface area contributed by atoms with Gasteiger partial charge in [0.05, 0.1) is 7.11 Å². The Balaban J connectivity index is 2.64. The molecule has 0 aliphatic heterocycles. The van der Waals surface area contributed by atoms with Crippen molar-refractivity contribution >= 4 is 11.9 Å². The van der Waals surface area contributed by atoms with Crippen LogP contribution in [0, 0.1) is 0 Å². The minimum absolute atomic E-state index is 0.283. The SMILES string of the molecule is C=CCc1ccc(OCC(=O)NC(C)C(=O)O)c(OC)c1. The minimum Gasteiger partial charge on any atom is -0.493 e. The van der Waals surface area contributed by atoms with Crippen LogP contribution in [-0.4, -0.2) is 36.7 Å². The number of ether oxygens (including phenoxy) is 2. The number of carboxylic acid groups (broad SMARTS) is 1. The van der Waals surface area contributed by atoms with Crippen LogP contribution < -0.4 is 14.8 Å². The lowest BCUT2D eigenvalue weighted by Crippen LogP contribution is -2.40. The molecule has 21 heavy (non-hydrogen) atoms. The van der Waals surface area contributed by atoms with Gasteiger partial charge < -0.3 is 19.9 Å². The van der Waals surface area contributed by atoms with E-state index in [0.29, 0.717) is 17.9 Å². The van der Waals surface area contributed by atoms with Crippen molar-refractivity contribution in [3.05, 3.63) is 36.4 Å². The van der Waals surface area contributed by atoms with Crippen molar-refractivity contribution in [2.45, 2.75) is 19.4 Å². The van der Waals surface area contributed by atoms with Crippen LogP contribution in [0.15, 0.2) is 30.9 Å². The van der Waals surface area contributed by atoms with E-state index in [1.807, 2.05) is 6.07 Å². The zero-order valence-electron chi connectivity index (χ0n) is 12.1. The van der Waals surface area contributed by atoms with E-state index < -0.39 is 17.9 Å². The Morgan fingerprint density at radius 3 is 2.71 bits per heavy atom. The van der Waals surface area contributed by atoms with Crippen LogP contribution in [0.4, 0.5) is 0 Å². The van der Waals surface area contributed by atoms with E-state index in [2.05, 4.69) is 11.9 Å². The molecule has 0 aliphatic carbocycles. The van der Waals surface area contributed by atoms with Gasteiger partial charge in [-0.3, -0.25) is 9.59 Å². The molecule has 0 aromatic heterocycles. The van der Waals surface area contributed by atoms with Crippen LogP contribution in [0.2, 0.25) is 0 Å². The fourth-order valence-corrected chi connectivity index (χ4v) is 1.61. The third-order valence-corrected chi connectivity index (χ3v) is 2.71. The summed E-state index contributed by atoms with van der Waals surface area (Å²) in [5, 5.41) is 11.0. The van der Waals surface area contributed by atoms with Gasteiger partial charge in [0, 0.05) is 0 Å². The van der Waals surface area contributed by atoms with Gasteiger partial charge in [0.1, 0.15) is 6.04 Å². The number of amides is 1. The van der Waals surface area contributed by atoms with Gasteiger partial charge in [-0.15, -0.1) is 6.58 Å².